The van der Waals surface area contributed by atoms with Gasteiger partial charge in [-0.25, -0.2) is 9.89 Å². The molecule has 1 atom stereocenters. The summed E-state index contributed by atoms with van der Waals surface area (Å²) in [4.78, 5) is 22.6. The summed E-state index contributed by atoms with van der Waals surface area (Å²) in [5, 5.41) is 15.4. The van der Waals surface area contributed by atoms with Crippen molar-refractivity contribution < 1.29 is 9.90 Å². The Bertz CT molecular complexity index is 636. The van der Waals surface area contributed by atoms with Crippen LogP contribution >= 0.6 is 11.8 Å². The highest BCUT2D eigenvalue weighted by atomic mass is 32.2. The zero-order valence-electron chi connectivity index (χ0n) is 10.9. The second-order valence-electron chi connectivity index (χ2n) is 4.20. The van der Waals surface area contributed by atoms with Crippen molar-refractivity contribution in [1.29, 1.82) is 0 Å². The second-order valence-corrected chi connectivity index (χ2v) is 5.14. The van der Waals surface area contributed by atoms with Gasteiger partial charge in [-0.1, -0.05) is 49.0 Å². The molecule has 0 amide bonds. The van der Waals surface area contributed by atoms with Crippen LogP contribution < -0.4 is 5.69 Å². The van der Waals surface area contributed by atoms with Gasteiger partial charge >= 0.3 is 11.7 Å². The zero-order chi connectivity index (χ0) is 14.5. The third kappa shape index (κ3) is 3.11. The van der Waals surface area contributed by atoms with Gasteiger partial charge in [0.05, 0.1) is 11.8 Å². The van der Waals surface area contributed by atoms with Crippen LogP contribution in [0.4, 0.5) is 0 Å². The molecule has 0 spiro atoms. The summed E-state index contributed by atoms with van der Waals surface area (Å²) < 4.78 is 1.52. The number of thioether (sulfide) groups is 1. The van der Waals surface area contributed by atoms with Gasteiger partial charge < -0.3 is 5.11 Å². The van der Waals surface area contributed by atoms with Crippen molar-refractivity contribution in [1.82, 2.24) is 14.8 Å². The maximum atomic E-state index is 11.9. The number of H-pyrrole nitrogens is 1. The molecule has 20 heavy (non-hydrogen) atoms. The summed E-state index contributed by atoms with van der Waals surface area (Å²) >= 11 is 1.04. The van der Waals surface area contributed by atoms with Gasteiger partial charge in [-0.3, -0.25) is 9.36 Å². The number of aliphatic carboxylic acids is 1. The first kappa shape index (κ1) is 14.4. The third-order valence-corrected chi connectivity index (χ3v) is 3.82. The van der Waals surface area contributed by atoms with E-state index in [4.69, 9.17) is 5.11 Å². The van der Waals surface area contributed by atoms with Gasteiger partial charge in [-0.05, 0) is 12.0 Å². The number of nitrogens with one attached hydrogen (secondary N) is 1. The van der Waals surface area contributed by atoms with Gasteiger partial charge in [-0.15, -0.1) is 5.10 Å². The molecule has 0 radical (unpaired) electrons. The number of carbonyl (C=O) groups is 1. The number of rotatable bonds is 6. The van der Waals surface area contributed by atoms with Crippen LogP contribution in [0.1, 0.15) is 24.9 Å². The average Bonchev–Trinajstić information content (AvgIpc) is 2.80. The lowest BCUT2D eigenvalue weighted by Crippen LogP contribution is -2.23. The third-order valence-electron chi connectivity index (χ3n) is 2.88. The molecular formula is C13H15N3O3S. The average molecular weight is 293 g/mol. The number of aromatic nitrogens is 3. The lowest BCUT2D eigenvalue weighted by atomic mass is 10.0. The number of hydrogen-bond acceptors (Lipinski definition) is 4. The molecule has 0 aliphatic rings. The molecule has 0 bridgehead atoms. The van der Waals surface area contributed by atoms with E-state index in [1.165, 1.54) is 4.57 Å². The summed E-state index contributed by atoms with van der Waals surface area (Å²) in [6, 6.07) is 9.46. The lowest BCUT2D eigenvalue weighted by Gasteiger charge is -2.17. The summed E-state index contributed by atoms with van der Waals surface area (Å²) in [6.45, 7) is 1.97. The van der Waals surface area contributed by atoms with E-state index in [-0.39, 0.29) is 17.5 Å². The minimum atomic E-state index is -0.940. The molecule has 2 N–H and O–H groups in total. The Labute approximate surface area is 119 Å². The molecule has 1 aromatic carbocycles. The maximum Gasteiger partial charge on any atom is 0.344 e. The van der Waals surface area contributed by atoms with Gasteiger partial charge in [0.1, 0.15) is 0 Å². The predicted molar refractivity (Wildman–Crippen MR) is 76.1 cm³/mol. The monoisotopic (exact) mass is 293 g/mol. The fourth-order valence-electron chi connectivity index (χ4n) is 2.04. The van der Waals surface area contributed by atoms with Gasteiger partial charge in [0.15, 0.2) is 5.16 Å². The van der Waals surface area contributed by atoms with E-state index in [1.54, 1.807) is 0 Å². The molecule has 0 aliphatic heterocycles. The fraction of sp³-hybridized carbons (Fsp3) is 0.308. The molecule has 2 rings (SSSR count). The Morgan fingerprint density at radius 2 is 2.15 bits per heavy atom. The van der Waals surface area contributed by atoms with Crippen LogP contribution in [0.2, 0.25) is 0 Å². The Morgan fingerprint density at radius 1 is 1.45 bits per heavy atom. The molecule has 6 nitrogen and oxygen atoms in total. The van der Waals surface area contributed by atoms with Crippen LogP contribution in [-0.4, -0.2) is 31.6 Å². The van der Waals surface area contributed by atoms with Crippen molar-refractivity contribution in [3.8, 4) is 0 Å². The van der Waals surface area contributed by atoms with E-state index in [2.05, 4.69) is 10.2 Å². The van der Waals surface area contributed by atoms with Crippen molar-refractivity contribution in [2.75, 3.05) is 5.75 Å². The number of benzene rings is 1. The van der Waals surface area contributed by atoms with Crippen LogP contribution in [-0.2, 0) is 4.79 Å². The smallest absolute Gasteiger partial charge is 0.344 e. The molecule has 1 aromatic heterocycles. The largest absolute Gasteiger partial charge is 0.481 e. The van der Waals surface area contributed by atoms with Gasteiger partial charge in [-0.2, -0.15) is 0 Å². The second kappa shape index (κ2) is 6.42. The van der Waals surface area contributed by atoms with E-state index in [0.717, 1.165) is 17.3 Å². The van der Waals surface area contributed by atoms with Crippen LogP contribution in [0.3, 0.4) is 0 Å². The van der Waals surface area contributed by atoms with E-state index in [1.807, 2.05) is 37.3 Å². The summed E-state index contributed by atoms with van der Waals surface area (Å²) in [7, 11) is 0. The van der Waals surface area contributed by atoms with Gasteiger partial charge in [0, 0.05) is 0 Å². The molecule has 106 valence electrons. The number of aromatic amines is 1. The van der Waals surface area contributed by atoms with E-state index < -0.39 is 5.97 Å². The standard InChI is InChI=1S/C13H15N3O3S/c1-2-10(9-6-4-3-5-7-9)16-12(19)14-15-13(16)20-8-11(17)18/h3-7,10H,2,8H2,1H3,(H,14,19)(H,17,18). The molecule has 1 unspecified atom stereocenters. The minimum Gasteiger partial charge on any atom is -0.481 e. The number of carboxylic acid groups (broad SMARTS) is 1. The molecule has 7 heteroatoms. The van der Waals surface area contributed by atoms with Crippen molar-refractivity contribution in [2.45, 2.75) is 24.5 Å². The highest BCUT2D eigenvalue weighted by Crippen LogP contribution is 2.25. The topological polar surface area (TPSA) is 88.0 Å². The minimum absolute atomic E-state index is 0.129. The van der Waals surface area contributed by atoms with Crippen LogP contribution in [0.5, 0.6) is 0 Å². The van der Waals surface area contributed by atoms with E-state index in [0.29, 0.717) is 11.6 Å². The van der Waals surface area contributed by atoms with Crippen LogP contribution in [0.25, 0.3) is 0 Å². The molecule has 0 saturated heterocycles. The van der Waals surface area contributed by atoms with Crippen molar-refractivity contribution in [2.24, 2.45) is 0 Å². The quantitative estimate of drug-likeness (QED) is 0.792. The number of nitrogens with zero attached hydrogens (tertiary/aromatic N) is 2. The van der Waals surface area contributed by atoms with Crippen molar-refractivity contribution in [3.63, 3.8) is 0 Å². The van der Waals surface area contributed by atoms with E-state index >= 15 is 0 Å². The Balaban J connectivity index is 2.37. The molecule has 0 fully saturated rings. The van der Waals surface area contributed by atoms with Gasteiger partial charge in [0.2, 0.25) is 0 Å². The molecule has 2 aromatic rings. The molecule has 0 aliphatic carbocycles. The summed E-state index contributed by atoms with van der Waals surface area (Å²) in [5.74, 6) is -1.07. The molecular weight excluding hydrogens is 278 g/mol. The zero-order valence-corrected chi connectivity index (χ0v) is 11.8. The first-order valence-corrected chi connectivity index (χ1v) is 7.18. The summed E-state index contributed by atoms with van der Waals surface area (Å²) in [6.07, 6.45) is 0.712. The molecule has 0 saturated carbocycles. The maximum absolute atomic E-state index is 11.9. The Kier molecular flexibility index (Phi) is 4.62. The van der Waals surface area contributed by atoms with Crippen molar-refractivity contribution >= 4 is 17.7 Å². The highest BCUT2D eigenvalue weighted by Gasteiger charge is 2.19. The number of hydrogen-bond donors (Lipinski definition) is 2. The Hall–Kier alpha value is -2.02. The Morgan fingerprint density at radius 3 is 2.75 bits per heavy atom. The highest BCUT2D eigenvalue weighted by molar-refractivity contribution is 7.99. The SMILES string of the molecule is CCC(c1ccccc1)n1c(SCC(=O)O)n[nH]c1=O. The van der Waals surface area contributed by atoms with E-state index in [9.17, 15) is 9.59 Å². The predicted octanol–water partition coefficient (Wildman–Crippen LogP) is 1.75. The van der Waals surface area contributed by atoms with Crippen molar-refractivity contribution in [3.05, 3.63) is 46.4 Å². The summed E-state index contributed by atoms with van der Waals surface area (Å²) in [5.41, 5.74) is 0.671. The van der Waals surface area contributed by atoms with Gasteiger partial charge in [0.25, 0.3) is 0 Å². The lowest BCUT2D eigenvalue weighted by molar-refractivity contribution is -0.133. The number of carboxylic acids is 1. The van der Waals surface area contributed by atoms with Crippen LogP contribution in [0.15, 0.2) is 40.3 Å². The molecule has 1 heterocycles. The van der Waals surface area contributed by atoms with Crippen LogP contribution in [0, 0.1) is 0 Å². The normalized spacial score (nSPS) is 12.2. The first-order chi connectivity index (χ1) is 9.63. The fourth-order valence-corrected chi connectivity index (χ4v) is 2.75. The first-order valence-electron chi connectivity index (χ1n) is 6.20.